The Bertz CT molecular complexity index is 1600. The molecule has 0 N–H and O–H groups in total. The van der Waals surface area contributed by atoms with Gasteiger partial charge in [-0.1, -0.05) is 42.0 Å². The predicted octanol–water partition coefficient (Wildman–Crippen LogP) is 6.45. The normalized spacial score (nSPS) is 16.8. The number of rotatable bonds is 4. The van der Waals surface area contributed by atoms with Crippen LogP contribution >= 0.6 is 0 Å². The summed E-state index contributed by atoms with van der Waals surface area (Å²) in [6.45, 7) is -4.59. The van der Waals surface area contributed by atoms with Gasteiger partial charge in [-0.2, -0.15) is 0 Å². The number of benzene rings is 2. The zero-order valence-electron chi connectivity index (χ0n) is 23.4. The molecule has 0 fully saturated rings. The van der Waals surface area contributed by atoms with E-state index in [9.17, 15) is 0 Å². The highest BCUT2D eigenvalue weighted by molar-refractivity contribution is 6.08. The third-order valence-corrected chi connectivity index (χ3v) is 4.85. The van der Waals surface area contributed by atoms with E-state index in [1.165, 1.54) is 30.3 Å². The zero-order valence-corrected chi connectivity index (χ0v) is 15.4. The smallest absolute Gasteiger partial charge is 0.227 e. The number of aryl methyl sites for hydroxylation is 4. The lowest BCUT2D eigenvalue weighted by atomic mass is 10.0. The topological polar surface area (TPSA) is 38.9 Å². The van der Waals surface area contributed by atoms with E-state index in [-0.39, 0.29) is 23.4 Å². The van der Waals surface area contributed by atoms with Gasteiger partial charge in [0.25, 0.3) is 0 Å². The van der Waals surface area contributed by atoms with Crippen LogP contribution in [0.15, 0.2) is 77.3 Å². The van der Waals surface area contributed by atoms with Gasteiger partial charge in [-0.05, 0) is 68.0 Å². The Morgan fingerprint density at radius 2 is 1.86 bits per heavy atom. The van der Waals surface area contributed by atoms with Crippen molar-refractivity contribution in [3.05, 3.63) is 95.3 Å². The average Bonchev–Trinajstić information content (AvgIpc) is 3.21. The molecule has 29 heavy (non-hydrogen) atoms. The second-order valence-electron chi connectivity index (χ2n) is 6.81. The minimum atomic E-state index is -2.35. The molecule has 0 spiro atoms. The van der Waals surface area contributed by atoms with Crippen LogP contribution < -0.4 is 0 Å². The van der Waals surface area contributed by atoms with Crippen LogP contribution in [0.2, 0.25) is 0 Å². The summed E-state index contributed by atoms with van der Waals surface area (Å²) in [5, 5.41) is 1.46. The Balaban J connectivity index is 1.50. The van der Waals surface area contributed by atoms with Crippen molar-refractivity contribution in [3.63, 3.8) is 0 Å². The molecule has 5 aromatic rings. The van der Waals surface area contributed by atoms with E-state index in [0.29, 0.717) is 33.4 Å². The van der Waals surface area contributed by atoms with Gasteiger partial charge in [0.15, 0.2) is 0 Å². The summed E-state index contributed by atoms with van der Waals surface area (Å²) in [4.78, 5) is 8.68. The van der Waals surface area contributed by atoms with Crippen molar-refractivity contribution in [1.29, 1.82) is 0 Å². The van der Waals surface area contributed by atoms with E-state index >= 15 is 0 Å². The van der Waals surface area contributed by atoms with Crippen molar-refractivity contribution in [2.45, 2.75) is 26.5 Å². The summed E-state index contributed by atoms with van der Waals surface area (Å²) in [5.74, 6) is 0. The molecule has 0 amide bonds. The Kier molecular flexibility index (Phi) is 2.70. The maximum Gasteiger partial charge on any atom is 0.227 e. The minimum Gasteiger partial charge on any atom is -0.437 e. The Morgan fingerprint density at radius 3 is 2.72 bits per heavy atom. The molecule has 3 heterocycles. The molecule has 0 aliphatic heterocycles. The molecule has 0 unspecified atom stereocenters. The highest BCUT2D eigenvalue weighted by atomic mass is 16.3. The largest absolute Gasteiger partial charge is 0.437 e. The van der Waals surface area contributed by atoms with Crippen molar-refractivity contribution in [3.8, 4) is 11.3 Å². The van der Waals surface area contributed by atoms with Gasteiger partial charge in [0.2, 0.25) is 5.71 Å². The fourth-order valence-electron chi connectivity index (χ4n) is 3.40. The van der Waals surface area contributed by atoms with Crippen LogP contribution in [0, 0.1) is 13.7 Å². The quantitative estimate of drug-likeness (QED) is 0.356. The van der Waals surface area contributed by atoms with Crippen LogP contribution in [0.4, 0.5) is 0 Å². The molecule has 0 bridgehead atoms. The van der Waals surface area contributed by atoms with Crippen LogP contribution in [-0.4, -0.2) is 9.97 Å². The standard InChI is InChI=1S/C26H22N2O/c1-17-6-9-19(10-7-17)11-12-20-14-15-27-24(16-20)23-5-3-4-21-22-13-8-18(2)28-26(22)29-25(21)23/h3-10,13-16H,11-12H2,1-2H3/i1D3,2D3,11D2. The first kappa shape index (κ1) is 10.9. The molecule has 2 aromatic carbocycles. The second kappa shape index (κ2) is 7.17. The van der Waals surface area contributed by atoms with Crippen LogP contribution in [0.3, 0.4) is 0 Å². The van der Waals surface area contributed by atoms with Crippen LogP contribution in [0.1, 0.15) is 33.4 Å². The van der Waals surface area contributed by atoms with Gasteiger partial charge in [0.1, 0.15) is 5.58 Å². The van der Waals surface area contributed by atoms with Crippen molar-refractivity contribution < 1.29 is 15.4 Å². The Morgan fingerprint density at radius 1 is 0.931 bits per heavy atom. The lowest BCUT2D eigenvalue weighted by Gasteiger charge is -2.06. The van der Waals surface area contributed by atoms with Gasteiger partial charge in [-0.15, -0.1) is 0 Å². The molecule has 0 radical (unpaired) electrons. The van der Waals surface area contributed by atoms with Gasteiger partial charge in [0, 0.05) is 39.2 Å². The lowest BCUT2D eigenvalue weighted by molar-refractivity contribution is 0.653. The summed E-state index contributed by atoms with van der Waals surface area (Å²) in [5.41, 5.74) is 3.19. The molecule has 0 aliphatic carbocycles. The van der Waals surface area contributed by atoms with E-state index in [1.807, 2.05) is 18.2 Å². The third-order valence-electron chi connectivity index (χ3n) is 4.85. The van der Waals surface area contributed by atoms with Crippen molar-refractivity contribution in [2.24, 2.45) is 0 Å². The number of furan rings is 1. The molecule has 0 aliphatic rings. The fourth-order valence-corrected chi connectivity index (χ4v) is 3.40. The molecular formula is C26H22N2O. The highest BCUT2D eigenvalue weighted by Crippen LogP contribution is 2.34. The monoisotopic (exact) mass is 386 g/mol. The Hall–Kier alpha value is -3.46. The van der Waals surface area contributed by atoms with E-state index in [0.717, 1.165) is 5.39 Å². The molecule has 142 valence electrons. The maximum absolute atomic E-state index is 8.61. The first-order chi connectivity index (χ1) is 17.3. The molecule has 3 aromatic heterocycles. The van der Waals surface area contributed by atoms with E-state index in [2.05, 4.69) is 9.97 Å². The predicted molar refractivity (Wildman–Crippen MR) is 118 cm³/mol. The van der Waals surface area contributed by atoms with Gasteiger partial charge in [0.05, 0.1) is 5.69 Å². The molecule has 0 atom stereocenters. The van der Waals surface area contributed by atoms with Gasteiger partial charge in [-0.3, -0.25) is 4.98 Å². The van der Waals surface area contributed by atoms with E-state index in [1.54, 1.807) is 24.4 Å². The van der Waals surface area contributed by atoms with Crippen molar-refractivity contribution >= 4 is 22.1 Å². The first-order valence-electron chi connectivity index (χ1n) is 13.2. The summed E-state index contributed by atoms with van der Waals surface area (Å²) in [6, 6.07) is 18.1. The summed E-state index contributed by atoms with van der Waals surface area (Å²) >= 11 is 0. The number of para-hydroxylation sites is 1. The number of nitrogens with zero attached hydrogens (tertiary/aromatic N) is 2. The van der Waals surface area contributed by atoms with Gasteiger partial charge < -0.3 is 4.42 Å². The molecule has 5 rings (SSSR count). The number of hydrogen-bond donors (Lipinski definition) is 0. The fraction of sp³-hybridized carbons (Fsp3) is 0.154. The van der Waals surface area contributed by atoms with Crippen LogP contribution in [0.25, 0.3) is 33.3 Å². The lowest BCUT2D eigenvalue weighted by Crippen LogP contribution is -1.93. The molecule has 3 nitrogen and oxygen atoms in total. The number of aromatic nitrogens is 2. The molecular weight excluding hydrogens is 356 g/mol. The molecule has 3 heteroatoms. The van der Waals surface area contributed by atoms with Gasteiger partial charge in [-0.25, -0.2) is 4.98 Å². The van der Waals surface area contributed by atoms with Crippen LogP contribution in [-0.2, 0) is 12.8 Å². The molecule has 0 saturated heterocycles. The van der Waals surface area contributed by atoms with E-state index < -0.39 is 20.1 Å². The minimum absolute atomic E-state index is 0.0464. The van der Waals surface area contributed by atoms with Gasteiger partial charge >= 0.3 is 0 Å². The first-order valence-corrected chi connectivity index (χ1v) is 9.22. The number of pyridine rings is 2. The summed E-state index contributed by atoms with van der Waals surface area (Å²) < 4.78 is 68.6. The summed E-state index contributed by atoms with van der Waals surface area (Å²) in [7, 11) is 0. The van der Waals surface area contributed by atoms with E-state index in [4.69, 9.17) is 15.4 Å². The highest BCUT2D eigenvalue weighted by Gasteiger charge is 2.14. The Labute approximate surface area is 181 Å². The molecule has 0 saturated carbocycles. The van der Waals surface area contributed by atoms with Crippen molar-refractivity contribution in [2.75, 3.05) is 0 Å². The third kappa shape index (κ3) is 3.40. The number of fused-ring (bicyclic) bond motifs is 3. The number of hydrogen-bond acceptors (Lipinski definition) is 3. The second-order valence-corrected chi connectivity index (χ2v) is 6.81. The maximum atomic E-state index is 8.61. The summed E-state index contributed by atoms with van der Waals surface area (Å²) in [6.07, 6.45) is -0.0902. The average molecular weight is 387 g/mol. The van der Waals surface area contributed by atoms with Crippen molar-refractivity contribution in [1.82, 2.24) is 9.97 Å². The SMILES string of the molecule is [2H]C([2H])([2H])c1ccc(C([2H])([2H])Cc2ccnc(-c3cccc4c3oc3nc(C([2H])([2H])[2H])ccc34)c2)cc1. The van der Waals surface area contributed by atoms with Crippen LogP contribution in [0.5, 0.6) is 0 Å². The zero-order chi connectivity index (χ0) is 26.6.